The molecule has 1 rings (SSSR count). The fourth-order valence-electron chi connectivity index (χ4n) is 0.763. The molecule has 2 N–H and O–H groups in total. The van der Waals surface area contributed by atoms with Crippen LogP contribution in [-0.2, 0) is 4.79 Å². The molecular formula is C9H9FN2O2. The Kier molecular flexibility index (Phi) is 3.75. The number of benzene rings is 1. The minimum atomic E-state index is -0.610. The molecule has 5 heteroatoms. The van der Waals surface area contributed by atoms with Crippen LogP contribution in [-0.4, -0.2) is 23.8 Å². The minimum absolute atomic E-state index is 0.332. The molecule has 0 bridgehead atoms. The first-order valence-electron chi connectivity index (χ1n) is 3.90. The third-order valence-corrected chi connectivity index (χ3v) is 1.42. The van der Waals surface area contributed by atoms with Gasteiger partial charge in [0.1, 0.15) is 12.4 Å². The van der Waals surface area contributed by atoms with Gasteiger partial charge in [-0.15, -0.1) is 0 Å². The van der Waals surface area contributed by atoms with Crippen molar-refractivity contribution in [2.75, 3.05) is 6.61 Å². The van der Waals surface area contributed by atoms with Crippen LogP contribution in [0.15, 0.2) is 29.4 Å². The van der Waals surface area contributed by atoms with Crippen molar-refractivity contribution >= 4 is 12.1 Å². The molecule has 0 radical (unpaired) electrons. The minimum Gasteiger partial charge on any atom is -0.386 e. The van der Waals surface area contributed by atoms with Gasteiger partial charge in [-0.1, -0.05) is 12.1 Å². The molecule has 4 nitrogen and oxygen atoms in total. The van der Waals surface area contributed by atoms with E-state index in [-0.39, 0.29) is 5.82 Å². The fourth-order valence-corrected chi connectivity index (χ4v) is 0.763. The van der Waals surface area contributed by atoms with Crippen molar-refractivity contribution in [2.24, 2.45) is 5.10 Å². The average Bonchev–Trinajstić information content (AvgIpc) is 2.21. The molecule has 0 aliphatic rings. The summed E-state index contributed by atoms with van der Waals surface area (Å²) in [7, 11) is 0. The van der Waals surface area contributed by atoms with Gasteiger partial charge in [-0.25, -0.2) is 9.82 Å². The lowest BCUT2D eigenvalue weighted by Crippen LogP contribution is -2.20. The van der Waals surface area contributed by atoms with Crippen molar-refractivity contribution < 1.29 is 14.3 Å². The Bertz CT molecular complexity index is 335. The fraction of sp³-hybridized carbons (Fsp3) is 0.111. The van der Waals surface area contributed by atoms with E-state index in [9.17, 15) is 9.18 Å². The first-order valence-corrected chi connectivity index (χ1v) is 3.90. The van der Waals surface area contributed by atoms with Crippen LogP contribution in [0.2, 0.25) is 0 Å². The number of amides is 1. The third kappa shape index (κ3) is 3.32. The highest BCUT2D eigenvalue weighted by atomic mass is 19.1. The summed E-state index contributed by atoms with van der Waals surface area (Å²) in [5, 5.41) is 11.9. The zero-order chi connectivity index (χ0) is 10.4. The molecule has 0 saturated heterocycles. The number of carbonyl (C=O) groups excluding carboxylic acids is 1. The summed E-state index contributed by atoms with van der Waals surface area (Å²) in [5.41, 5.74) is 2.74. The van der Waals surface area contributed by atoms with Crippen molar-refractivity contribution in [2.45, 2.75) is 0 Å². The van der Waals surface area contributed by atoms with Crippen molar-refractivity contribution in [3.8, 4) is 0 Å². The number of rotatable bonds is 3. The molecule has 0 aromatic heterocycles. The molecule has 0 spiro atoms. The quantitative estimate of drug-likeness (QED) is 0.538. The van der Waals surface area contributed by atoms with Crippen molar-refractivity contribution in [1.82, 2.24) is 5.43 Å². The number of nitrogens with zero attached hydrogens (tertiary/aromatic N) is 1. The molecule has 0 saturated carbocycles. The zero-order valence-corrected chi connectivity index (χ0v) is 7.27. The predicted molar refractivity (Wildman–Crippen MR) is 49.2 cm³/mol. The molecule has 0 aliphatic carbocycles. The molecule has 1 aromatic carbocycles. The van der Waals surface area contributed by atoms with Gasteiger partial charge in [0, 0.05) is 0 Å². The van der Waals surface area contributed by atoms with E-state index in [0.717, 1.165) is 0 Å². The normalized spacial score (nSPS) is 10.4. The number of nitrogens with one attached hydrogen (secondary N) is 1. The van der Waals surface area contributed by atoms with Crippen LogP contribution < -0.4 is 5.43 Å². The van der Waals surface area contributed by atoms with Gasteiger partial charge < -0.3 is 5.11 Å². The molecule has 0 fully saturated rings. The number of hydrazone groups is 1. The largest absolute Gasteiger partial charge is 0.386 e. The first-order chi connectivity index (χ1) is 6.72. The van der Waals surface area contributed by atoms with E-state index in [1.165, 1.54) is 30.5 Å². The Morgan fingerprint density at radius 1 is 1.50 bits per heavy atom. The predicted octanol–water partition coefficient (Wildman–Crippen LogP) is 0.268. The van der Waals surface area contributed by atoms with Crippen LogP contribution in [0.25, 0.3) is 0 Å². The second-order valence-electron chi connectivity index (χ2n) is 2.50. The van der Waals surface area contributed by atoms with Gasteiger partial charge in [0.2, 0.25) is 0 Å². The summed E-state index contributed by atoms with van der Waals surface area (Å²) in [6.07, 6.45) is 1.35. The van der Waals surface area contributed by atoms with Crippen molar-refractivity contribution in [3.05, 3.63) is 35.6 Å². The number of aliphatic hydroxyl groups excluding tert-OH is 1. The van der Waals surface area contributed by atoms with Gasteiger partial charge in [0.25, 0.3) is 5.91 Å². The number of aliphatic hydroxyl groups is 1. The van der Waals surface area contributed by atoms with Crippen LogP contribution in [0.5, 0.6) is 0 Å². The van der Waals surface area contributed by atoms with Crippen LogP contribution in [0, 0.1) is 5.82 Å². The summed E-state index contributed by atoms with van der Waals surface area (Å²) in [6.45, 7) is -0.610. The highest BCUT2D eigenvalue weighted by Gasteiger charge is 1.93. The Morgan fingerprint density at radius 3 is 2.71 bits per heavy atom. The lowest BCUT2D eigenvalue weighted by molar-refractivity contribution is -0.123. The van der Waals surface area contributed by atoms with E-state index in [4.69, 9.17) is 5.11 Å². The molecule has 0 aliphatic heterocycles. The van der Waals surface area contributed by atoms with Gasteiger partial charge in [-0.05, 0) is 17.7 Å². The highest BCUT2D eigenvalue weighted by Crippen LogP contribution is 1.99. The molecular weight excluding hydrogens is 187 g/mol. The van der Waals surface area contributed by atoms with E-state index >= 15 is 0 Å². The van der Waals surface area contributed by atoms with Gasteiger partial charge in [-0.2, -0.15) is 5.10 Å². The standard InChI is InChI=1S/C9H9FN2O2/c10-8-3-1-7(2-4-8)5-11-12-9(14)6-13/h1-5,13H,6H2,(H,12,14)/b11-5+. The second-order valence-corrected chi connectivity index (χ2v) is 2.50. The summed E-state index contributed by atoms with van der Waals surface area (Å²) in [4.78, 5) is 10.5. The van der Waals surface area contributed by atoms with Crippen molar-refractivity contribution in [1.29, 1.82) is 0 Å². The lowest BCUT2D eigenvalue weighted by atomic mass is 10.2. The average molecular weight is 196 g/mol. The Balaban J connectivity index is 2.52. The molecule has 1 aromatic rings. The Hall–Kier alpha value is -1.75. The first kappa shape index (κ1) is 10.3. The van der Waals surface area contributed by atoms with Gasteiger partial charge in [-0.3, -0.25) is 4.79 Å². The Morgan fingerprint density at radius 2 is 2.14 bits per heavy atom. The highest BCUT2D eigenvalue weighted by molar-refractivity contribution is 5.82. The van der Waals surface area contributed by atoms with Crippen LogP contribution in [0.3, 0.4) is 0 Å². The van der Waals surface area contributed by atoms with Crippen molar-refractivity contribution in [3.63, 3.8) is 0 Å². The third-order valence-electron chi connectivity index (χ3n) is 1.42. The van der Waals surface area contributed by atoms with Gasteiger partial charge >= 0.3 is 0 Å². The SMILES string of the molecule is O=C(CO)N/N=C/c1ccc(F)cc1. The summed E-state index contributed by atoms with van der Waals surface area (Å²) < 4.78 is 12.4. The molecule has 1 amide bonds. The van der Waals surface area contributed by atoms with E-state index in [1.807, 2.05) is 0 Å². The molecule has 0 unspecified atom stereocenters. The van der Waals surface area contributed by atoms with Crippen LogP contribution in [0.4, 0.5) is 4.39 Å². The maximum atomic E-state index is 12.4. The number of hydrogen-bond donors (Lipinski definition) is 2. The topological polar surface area (TPSA) is 61.7 Å². The van der Waals surface area contributed by atoms with Crippen LogP contribution >= 0.6 is 0 Å². The molecule has 74 valence electrons. The Labute approximate surface area is 80.1 Å². The number of carbonyl (C=O) groups is 1. The zero-order valence-electron chi connectivity index (χ0n) is 7.27. The maximum Gasteiger partial charge on any atom is 0.265 e. The maximum absolute atomic E-state index is 12.4. The summed E-state index contributed by atoms with van der Waals surface area (Å²) in [5.74, 6) is -0.926. The number of halogens is 1. The van der Waals surface area contributed by atoms with E-state index in [1.54, 1.807) is 0 Å². The smallest absolute Gasteiger partial charge is 0.265 e. The second kappa shape index (κ2) is 5.08. The molecule has 0 atom stereocenters. The van der Waals surface area contributed by atoms with E-state index in [2.05, 4.69) is 10.5 Å². The monoisotopic (exact) mass is 196 g/mol. The summed E-state index contributed by atoms with van der Waals surface area (Å²) in [6, 6.07) is 5.61. The molecule has 14 heavy (non-hydrogen) atoms. The van der Waals surface area contributed by atoms with Gasteiger partial charge in [0.05, 0.1) is 6.21 Å². The van der Waals surface area contributed by atoms with E-state index < -0.39 is 12.5 Å². The van der Waals surface area contributed by atoms with Crippen LogP contribution in [0.1, 0.15) is 5.56 Å². The summed E-state index contributed by atoms with van der Waals surface area (Å²) >= 11 is 0. The lowest BCUT2D eigenvalue weighted by Gasteiger charge is -1.94. The van der Waals surface area contributed by atoms with E-state index in [0.29, 0.717) is 5.56 Å². The molecule has 0 heterocycles. The number of hydrogen-bond acceptors (Lipinski definition) is 3. The van der Waals surface area contributed by atoms with Gasteiger partial charge in [0.15, 0.2) is 0 Å².